The highest BCUT2D eigenvalue weighted by Crippen LogP contribution is 2.24. The number of furan rings is 1. The lowest BCUT2D eigenvalue weighted by molar-refractivity contribution is 0.434. The van der Waals surface area contributed by atoms with Crippen molar-refractivity contribution in [3.63, 3.8) is 0 Å². The van der Waals surface area contributed by atoms with E-state index in [0.717, 1.165) is 24.4 Å². The second-order valence-electron chi connectivity index (χ2n) is 6.42. The average Bonchev–Trinajstić information content (AvgIpc) is 2.87. The molecule has 0 aliphatic heterocycles. The monoisotopic (exact) mass is 271 g/mol. The van der Waals surface area contributed by atoms with E-state index in [1.807, 2.05) is 12.1 Å². The van der Waals surface area contributed by atoms with Gasteiger partial charge in [-0.2, -0.15) is 0 Å². The van der Waals surface area contributed by atoms with Crippen molar-refractivity contribution in [1.82, 2.24) is 0 Å². The van der Waals surface area contributed by atoms with E-state index in [-0.39, 0.29) is 11.5 Å². The van der Waals surface area contributed by atoms with Crippen molar-refractivity contribution in [3.8, 4) is 0 Å². The fourth-order valence-corrected chi connectivity index (χ4v) is 2.28. The van der Waals surface area contributed by atoms with Crippen LogP contribution in [0.5, 0.6) is 0 Å². The Morgan fingerprint density at radius 3 is 2.20 bits per heavy atom. The normalized spacial score (nSPS) is 13.4. The van der Waals surface area contributed by atoms with Gasteiger partial charge in [-0.25, -0.2) is 0 Å². The zero-order chi connectivity index (χ0) is 14.8. The first-order valence-electron chi connectivity index (χ1n) is 7.33. The fourth-order valence-electron chi connectivity index (χ4n) is 2.28. The summed E-state index contributed by atoms with van der Waals surface area (Å²) in [5, 5.41) is 0. The van der Waals surface area contributed by atoms with Crippen molar-refractivity contribution < 1.29 is 4.42 Å². The summed E-state index contributed by atoms with van der Waals surface area (Å²) in [5.74, 6) is 1.88. The molecule has 2 heteroatoms. The molecule has 0 spiro atoms. The third kappa shape index (κ3) is 3.51. The number of benzene rings is 1. The summed E-state index contributed by atoms with van der Waals surface area (Å²) >= 11 is 0. The van der Waals surface area contributed by atoms with Gasteiger partial charge in [0.15, 0.2) is 0 Å². The molecular formula is C18H25NO. The van der Waals surface area contributed by atoms with E-state index in [2.05, 4.69) is 52.0 Å². The molecule has 0 fully saturated rings. The molecule has 0 amide bonds. The van der Waals surface area contributed by atoms with E-state index < -0.39 is 0 Å². The van der Waals surface area contributed by atoms with Crippen LogP contribution in [0, 0.1) is 0 Å². The Morgan fingerprint density at radius 2 is 1.70 bits per heavy atom. The van der Waals surface area contributed by atoms with Gasteiger partial charge in [0.1, 0.15) is 11.5 Å². The minimum atomic E-state index is -0.0733. The molecule has 1 atom stereocenters. The van der Waals surface area contributed by atoms with Crippen LogP contribution in [-0.4, -0.2) is 0 Å². The number of hydrogen-bond donors (Lipinski definition) is 1. The molecule has 108 valence electrons. The predicted molar refractivity (Wildman–Crippen MR) is 83.9 cm³/mol. The van der Waals surface area contributed by atoms with Crippen LogP contribution in [0.3, 0.4) is 0 Å². The molecule has 1 aromatic carbocycles. The van der Waals surface area contributed by atoms with Gasteiger partial charge >= 0.3 is 0 Å². The van der Waals surface area contributed by atoms with Crippen LogP contribution in [0.25, 0.3) is 0 Å². The lowest BCUT2D eigenvalue weighted by Gasteiger charge is -2.19. The Morgan fingerprint density at radius 1 is 1.05 bits per heavy atom. The van der Waals surface area contributed by atoms with E-state index in [9.17, 15) is 0 Å². The first kappa shape index (κ1) is 14.9. The highest BCUT2D eigenvalue weighted by atomic mass is 16.3. The van der Waals surface area contributed by atoms with E-state index in [1.54, 1.807) is 0 Å². The number of hydrogen-bond acceptors (Lipinski definition) is 2. The molecule has 0 aliphatic carbocycles. The van der Waals surface area contributed by atoms with Gasteiger partial charge in [-0.05, 0) is 35.1 Å². The Hall–Kier alpha value is -1.54. The van der Waals surface area contributed by atoms with Crippen LogP contribution >= 0.6 is 0 Å². The third-order valence-electron chi connectivity index (χ3n) is 3.67. The highest BCUT2D eigenvalue weighted by molar-refractivity contribution is 5.28. The summed E-state index contributed by atoms with van der Waals surface area (Å²) in [6.45, 7) is 8.76. The van der Waals surface area contributed by atoms with Crippen LogP contribution in [0.1, 0.15) is 56.4 Å². The third-order valence-corrected chi connectivity index (χ3v) is 3.67. The second-order valence-corrected chi connectivity index (χ2v) is 6.42. The van der Waals surface area contributed by atoms with Crippen LogP contribution in [0.15, 0.2) is 40.8 Å². The molecule has 0 bridgehead atoms. The number of nitrogens with two attached hydrogens (primary N) is 1. The van der Waals surface area contributed by atoms with E-state index in [1.165, 1.54) is 11.1 Å². The van der Waals surface area contributed by atoms with Gasteiger partial charge in [-0.1, -0.05) is 52.0 Å². The summed E-state index contributed by atoms with van der Waals surface area (Å²) < 4.78 is 5.72. The van der Waals surface area contributed by atoms with Gasteiger partial charge in [0.2, 0.25) is 0 Å². The number of rotatable bonds is 4. The van der Waals surface area contributed by atoms with Crippen LogP contribution in [0.4, 0.5) is 0 Å². The van der Waals surface area contributed by atoms with Gasteiger partial charge in [0.05, 0.1) is 6.04 Å². The fraction of sp³-hybridized carbons (Fsp3) is 0.444. The molecule has 2 rings (SSSR count). The molecule has 20 heavy (non-hydrogen) atoms. The van der Waals surface area contributed by atoms with Crippen molar-refractivity contribution in [2.75, 3.05) is 0 Å². The Labute approximate surface area is 122 Å². The largest absolute Gasteiger partial charge is 0.464 e. The van der Waals surface area contributed by atoms with Crippen molar-refractivity contribution in [3.05, 3.63) is 59.0 Å². The van der Waals surface area contributed by atoms with Crippen molar-refractivity contribution in [2.45, 2.75) is 52.0 Å². The molecule has 0 radical (unpaired) electrons. The minimum absolute atomic E-state index is 0.0733. The quantitative estimate of drug-likeness (QED) is 0.896. The van der Waals surface area contributed by atoms with Crippen molar-refractivity contribution in [1.29, 1.82) is 0 Å². The van der Waals surface area contributed by atoms with Gasteiger partial charge < -0.3 is 10.2 Å². The second kappa shape index (κ2) is 5.84. The number of aryl methyl sites for hydroxylation is 1. The van der Waals surface area contributed by atoms with Gasteiger partial charge in [0, 0.05) is 6.42 Å². The van der Waals surface area contributed by atoms with E-state index >= 15 is 0 Å². The lowest BCUT2D eigenvalue weighted by atomic mass is 9.86. The molecule has 0 aliphatic rings. The summed E-state index contributed by atoms with van der Waals surface area (Å²) in [5.41, 5.74) is 9.02. The first-order valence-corrected chi connectivity index (χ1v) is 7.33. The summed E-state index contributed by atoms with van der Waals surface area (Å²) in [6.07, 6.45) is 1.72. The maximum atomic E-state index is 6.23. The SMILES string of the molecule is CCc1ccc(C(N)Cc2ccc(C(C)(C)C)cc2)o1. The molecule has 0 saturated heterocycles. The van der Waals surface area contributed by atoms with Crippen molar-refractivity contribution >= 4 is 0 Å². The van der Waals surface area contributed by atoms with Crippen LogP contribution in [-0.2, 0) is 18.3 Å². The van der Waals surface area contributed by atoms with E-state index in [4.69, 9.17) is 10.2 Å². The zero-order valence-corrected chi connectivity index (χ0v) is 12.9. The molecule has 1 heterocycles. The maximum Gasteiger partial charge on any atom is 0.121 e. The van der Waals surface area contributed by atoms with E-state index in [0.29, 0.717) is 0 Å². The van der Waals surface area contributed by atoms with Crippen molar-refractivity contribution in [2.24, 2.45) is 5.73 Å². The standard InChI is InChI=1S/C18H25NO/c1-5-15-10-11-17(20-15)16(19)12-13-6-8-14(9-7-13)18(2,3)4/h6-11,16H,5,12,19H2,1-4H3. The summed E-state index contributed by atoms with van der Waals surface area (Å²) in [4.78, 5) is 0. The molecule has 2 aromatic rings. The zero-order valence-electron chi connectivity index (χ0n) is 12.9. The molecular weight excluding hydrogens is 246 g/mol. The highest BCUT2D eigenvalue weighted by Gasteiger charge is 2.15. The molecule has 1 unspecified atom stereocenters. The smallest absolute Gasteiger partial charge is 0.121 e. The van der Waals surface area contributed by atoms with Crippen LogP contribution in [0.2, 0.25) is 0 Å². The Balaban J connectivity index is 2.06. The minimum Gasteiger partial charge on any atom is -0.464 e. The Kier molecular flexibility index (Phi) is 4.34. The lowest BCUT2D eigenvalue weighted by Crippen LogP contribution is -2.13. The average molecular weight is 271 g/mol. The topological polar surface area (TPSA) is 39.2 Å². The van der Waals surface area contributed by atoms with Crippen LogP contribution < -0.4 is 5.73 Å². The first-order chi connectivity index (χ1) is 9.40. The summed E-state index contributed by atoms with van der Waals surface area (Å²) in [7, 11) is 0. The predicted octanol–water partition coefficient (Wildman–Crippen LogP) is 4.38. The van der Waals surface area contributed by atoms with Gasteiger partial charge in [0.25, 0.3) is 0 Å². The Bertz CT molecular complexity index is 546. The van der Waals surface area contributed by atoms with Gasteiger partial charge in [-0.3, -0.25) is 0 Å². The maximum absolute atomic E-state index is 6.23. The molecule has 0 saturated carbocycles. The molecule has 2 N–H and O–H groups in total. The molecule has 1 aromatic heterocycles. The summed E-state index contributed by atoms with van der Waals surface area (Å²) in [6, 6.07) is 12.7. The molecule has 2 nitrogen and oxygen atoms in total. The van der Waals surface area contributed by atoms with Gasteiger partial charge in [-0.15, -0.1) is 0 Å².